The quantitative estimate of drug-likeness (QED) is 0.784. The van der Waals surface area contributed by atoms with Gasteiger partial charge in [0.05, 0.1) is 17.6 Å². The number of hydrogen-bond donors (Lipinski definition) is 2. The molecule has 0 fully saturated rings. The fourth-order valence-electron chi connectivity index (χ4n) is 2.46. The van der Waals surface area contributed by atoms with Crippen LogP contribution in [0, 0.1) is 13.8 Å². The largest absolute Gasteiger partial charge is 0.465 e. The summed E-state index contributed by atoms with van der Waals surface area (Å²) >= 11 is 1.06. The van der Waals surface area contributed by atoms with E-state index in [1.807, 2.05) is 26.8 Å². The molecule has 0 atom stereocenters. The lowest BCUT2D eigenvalue weighted by Crippen LogP contribution is -2.29. The first-order valence-electron chi connectivity index (χ1n) is 8.15. The van der Waals surface area contributed by atoms with Gasteiger partial charge in [-0.15, -0.1) is 11.3 Å². The Hall–Kier alpha value is -2.67. The first kappa shape index (κ1) is 19.7. The summed E-state index contributed by atoms with van der Waals surface area (Å²) in [4.78, 5) is 37.5. The van der Waals surface area contributed by atoms with Crippen molar-refractivity contribution < 1.29 is 19.1 Å². The lowest BCUT2D eigenvalue weighted by molar-refractivity contribution is 0.0601. The second-order valence-electron chi connectivity index (χ2n) is 6.20. The van der Waals surface area contributed by atoms with Crippen molar-refractivity contribution in [2.75, 3.05) is 12.4 Å². The third-order valence-corrected chi connectivity index (χ3v) is 4.88. The van der Waals surface area contributed by atoms with Gasteiger partial charge in [-0.25, -0.2) is 4.79 Å². The maximum Gasteiger partial charge on any atom is 0.341 e. The maximum absolute atomic E-state index is 12.5. The summed E-state index contributed by atoms with van der Waals surface area (Å²) in [5.74, 6) is -1.23. The summed E-state index contributed by atoms with van der Waals surface area (Å²) in [5, 5.41) is 5.83. The molecule has 26 heavy (non-hydrogen) atoms. The molecule has 2 amide bonds. The summed E-state index contributed by atoms with van der Waals surface area (Å²) in [7, 11) is 1.26. The molecule has 0 bridgehead atoms. The van der Waals surface area contributed by atoms with Crippen LogP contribution < -0.4 is 10.6 Å². The molecular formula is C19H22N2O4S. The van der Waals surface area contributed by atoms with Gasteiger partial charge in [-0.2, -0.15) is 0 Å². The number of carbonyl (C=O) groups excluding carboxylic acids is 3. The van der Waals surface area contributed by atoms with Gasteiger partial charge >= 0.3 is 5.97 Å². The smallest absolute Gasteiger partial charge is 0.341 e. The van der Waals surface area contributed by atoms with Crippen LogP contribution in [0.4, 0.5) is 5.00 Å². The molecule has 2 rings (SSSR count). The molecule has 7 heteroatoms. The number of carbonyl (C=O) groups is 3. The standard InChI is InChI=1S/C19H22N2O4S/c1-10(2)20-17(23)15-12(4)14(19(24)25-5)18(26-15)21-16(22)13-8-6-7-11(3)9-13/h6-10H,1-5H3,(H,20,23)(H,21,22). The van der Waals surface area contributed by atoms with Crippen LogP contribution in [-0.4, -0.2) is 30.9 Å². The Kier molecular flexibility index (Phi) is 6.15. The van der Waals surface area contributed by atoms with Crippen LogP contribution >= 0.6 is 11.3 Å². The average Bonchev–Trinajstić information content (AvgIpc) is 2.90. The molecule has 2 aromatic rings. The number of anilines is 1. The number of amides is 2. The summed E-state index contributed by atoms with van der Waals surface area (Å²) in [6, 6.07) is 7.07. The molecule has 0 saturated carbocycles. The van der Waals surface area contributed by atoms with Crippen LogP contribution in [0.3, 0.4) is 0 Å². The van der Waals surface area contributed by atoms with Crippen LogP contribution in [0.5, 0.6) is 0 Å². The van der Waals surface area contributed by atoms with E-state index in [-0.39, 0.29) is 23.4 Å². The molecule has 0 spiro atoms. The van der Waals surface area contributed by atoms with Crippen molar-refractivity contribution in [1.82, 2.24) is 5.32 Å². The number of nitrogens with one attached hydrogen (secondary N) is 2. The molecule has 0 aliphatic carbocycles. The number of methoxy groups -OCH3 is 1. The van der Waals surface area contributed by atoms with Crippen LogP contribution in [0.15, 0.2) is 24.3 Å². The molecule has 138 valence electrons. The van der Waals surface area contributed by atoms with E-state index < -0.39 is 5.97 Å². The highest BCUT2D eigenvalue weighted by Crippen LogP contribution is 2.34. The fourth-order valence-corrected chi connectivity index (χ4v) is 3.55. The van der Waals surface area contributed by atoms with Crippen molar-refractivity contribution in [2.45, 2.75) is 33.7 Å². The highest BCUT2D eigenvalue weighted by atomic mass is 32.1. The van der Waals surface area contributed by atoms with Crippen LogP contribution in [0.1, 0.15) is 55.4 Å². The Morgan fingerprint density at radius 2 is 1.81 bits per heavy atom. The zero-order chi connectivity index (χ0) is 19.4. The first-order chi connectivity index (χ1) is 12.2. The van der Waals surface area contributed by atoms with Crippen molar-refractivity contribution in [1.29, 1.82) is 0 Å². The molecule has 6 nitrogen and oxygen atoms in total. The highest BCUT2D eigenvalue weighted by molar-refractivity contribution is 7.18. The molecule has 1 heterocycles. The number of aryl methyl sites for hydroxylation is 1. The average molecular weight is 374 g/mol. The van der Waals surface area contributed by atoms with Crippen LogP contribution in [0.25, 0.3) is 0 Å². The summed E-state index contributed by atoms with van der Waals surface area (Å²) in [6.07, 6.45) is 0. The second kappa shape index (κ2) is 8.14. The van der Waals surface area contributed by atoms with Gasteiger partial charge < -0.3 is 15.4 Å². The number of benzene rings is 1. The number of hydrogen-bond acceptors (Lipinski definition) is 5. The Balaban J connectivity index is 2.41. The Morgan fingerprint density at radius 3 is 2.38 bits per heavy atom. The van der Waals surface area contributed by atoms with Gasteiger partial charge in [0, 0.05) is 11.6 Å². The van der Waals surface area contributed by atoms with E-state index in [1.165, 1.54) is 7.11 Å². The second-order valence-corrected chi connectivity index (χ2v) is 7.22. The summed E-state index contributed by atoms with van der Waals surface area (Å²) in [6.45, 7) is 7.26. The minimum Gasteiger partial charge on any atom is -0.465 e. The minimum atomic E-state index is -0.595. The van der Waals surface area contributed by atoms with E-state index in [2.05, 4.69) is 10.6 Å². The van der Waals surface area contributed by atoms with Crippen LogP contribution in [0.2, 0.25) is 0 Å². The van der Waals surface area contributed by atoms with E-state index in [4.69, 9.17) is 4.74 Å². The van der Waals surface area contributed by atoms with Crippen molar-refractivity contribution in [3.05, 3.63) is 51.4 Å². The van der Waals surface area contributed by atoms with Crippen molar-refractivity contribution in [2.24, 2.45) is 0 Å². The number of ether oxygens (including phenoxy) is 1. The zero-order valence-electron chi connectivity index (χ0n) is 15.4. The Morgan fingerprint density at radius 1 is 1.12 bits per heavy atom. The van der Waals surface area contributed by atoms with Gasteiger partial charge in [0.15, 0.2) is 0 Å². The van der Waals surface area contributed by atoms with Crippen LogP contribution in [-0.2, 0) is 4.74 Å². The molecule has 1 aromatic carbocycles. The van der Waals surface area contributed by atoms with Gasteiger partial charge in [0.1, 0.15) is 5.00 Å². The lowest BCUT2D eigenvalue weighted by Gasteiger charge is -2.07. The molecule has 0 aliphatic rings. The molecular weight excluding hydrogens is 352 g/mol. The number of rotatable bonds is 5. The Bertz CT molecular complexity index is 855. The summed E-state index contributed by atoms with van der Waals surface area (Å²) in [5.41, 5.74) is 2.11. The molecule has 0 saturated heterocycles. The van der Waals surface area contributed by atoms with Gasteiger partial charge in [-0.1, -0.05) is 17.7 Å². The number of thiophene rings is 1. The van der Waals surface area contributed by atoms with Crippen molar-refractivity contribution in [3.63, 3.8) is 0 Å². The van der Waals surface area contributed by atoms with Gasteiger partial charge in [-0.05, 0) is 45.4 Å². The molecule has 0 unspecified atom stereocenters. The van der Waals surface area contributed by atoms with E-state index in [0.717, 1.165) is 16.9 Å². The minimum absolute atomic E-state index is 0.0455. The van der Waals surface area contributed by atoms with Crippen molar-refractivity contribution >= 4 is 34.1 Å². The molecule has 1 aromatic heterocycles. The SMILES string of the molecule is COC(=O)c1c(NC(=O)c2cccc(C)c2)sc(C(=O)NC(C)C)c1C. The third kappa shape index (κ3) is 4.29. The monoisotopic (exact) mass is 374 g/mol. The number of esters is 1. The van der Waals surface area contributed by atoms with Gasteiger partial charge in [-0.3, -0.25) is 9.59 Å². The topological polar surface area (TPSA) is 84.5 Å². The van der Waals surface area contributed by atoms with E-state index in [1.54, 1.807) is 25.1 Å². The maximum atomic E-state index is 12.5. The lowest BCUT2D eigenvalue weighted by atomic mass is 10.1. The predicted molar refractivity (Wildman–Crippen MR) is 102 cm³/mol. The Labute approximate surface area is 156 Å². The van der Waals surface area contributed by atoms with E-state index in [0.29, 0.717) is 21.0 Å². The normalized spacial score (nSPS) is 10.5. The predicted octanol–water partition coefficient (Wildman–Crippen LogP) is 3.54. The third-order valence-electron chi connectivity index (χ3n) is 3.67. The van der Waals surface area contributed by atoms with Gasteiger partial charge in [0.2, 0.25) is 0 Å². The first-order valence-corrected chi connectivity index (χ1v) is 8.96. The molecule has 0 aliphatic heterocycles. The zero-order valence-corrected chi connectivity index (χ0v) is 16.2. The van der Waals surface area contributed by atoms with Gasteiger partial charge in [0.25, 0.3) is 11.8 Å². The van der Waals surface area contributed by atoms with Crippen molar-refractivity contribution in [3.8, 4) is 0 Å². The van der Waals surface area contributed by atoms with E-state index in [9.17, 15) is 14.4 Å². The molecule has 0 radical (unpaired) electrons. The van der Waals surface area contributed by atoms with E-state index >= 15 is 0 Å². The molecule has 2 N–H and O–H groups in total. The fraction of sp³-hybridized carbons (Fsp3) is 0.316. The highest BCUT2D eigenvalue weighted by Gasteiger charge is 2.26. The summed E-state index contributed by atoms with van der Waals surface area (Å²) < 4.78 is 4.82.